The van der Waals surface area contributed by atoms with Gasteiger partial charge in [0.1, 0.15) is 9.77 Å². The van der Waals surface area contributed by atoms with Crippen molar-refractivity contribution in [3.8, 4) is 0 Å². The molecule has 21 heavy (non-hydrogen) atoms. The van der Waals surface area contributed by atoms with Gasteiger partial charge in [0.15, 0.2) is 0 Å². The highest BCUT2D eigenvalue weighted by molar-refractivity contribution is 7.89. The zero-order chi connectivity index (χ0) is 16.0. The molecule has 0 spiro atoms. The maximum absolute atomic E-state index is 12.5. The van der Waals surface area contributed by atoms with Gasteiger partial charge in [0.2, 0.25) is 10.0 Å². The number of aliphatic hydroxyl groups excluding tert-OH is 1. The van der Waals surface area contributed by atoms with Gasteiger partial charge in [-0.05, 0) is 24.3 Å². The average Bonchev–Trinajstić information content (AvgIpc) is 2.80. The first-order valence-corrected chi connectivity index (χ1v) is 8.52. The van der Waals surface area contributed by atoms with Gasteiger partial charge in [-0.2, -0.15) is 0 Å². The fraction of sp³-hybridized carbons (Fsp3) is 0.583. The van der Waals surface area contributed by atoms with Crippen molar-refractivity contribution >= 4 is 27.3 Å². The van der Waals surface area contributed by atoms with Crippen LogP contribution < -0.4 is 4.72 Å². The van der Waals surface area contributed by atoms with Gasteiger partial charge >= 0.3 is 5.97 Å². The summed E-state index contributed by atoms with van der Waals surface area (Å²) in [6.45, 7) is 1.55. The minimum Gasteiger partial charge on any atom is -0.465 e. The fourth-order valence-corrected chi connectivity index (χ4v) is 4.77. The lowest BCUT2D eigenvalue weighted by atomic mass is 10.2. The molecule has 0 aliphatic carbocycles. The molecule has 0 radical (unpaired) electrons. The number of aliphatic hydroxyl groups is 1. The van der Waals surface area contributed by atoms with Gasteiger partial charge < -0.3 is 14.6 Å². The molecule has 1 heterocycles. The minimum atomic E-state index is -3.91. The number of thiophene rings is 1. The van der Waals surface area contributed by atoms with Crippen LogP contribution in [0.5, 0.6) is 0 Å². The molecule has 0 bridgehead atoms. The van der Waals surface area contributed by atoms with Crippen molar-refractivity contribution in [2.24, 2.45) is 0 Å². The molecule has 9 heteroatoms. The number of ether oxygens (including phenoxy) is 2. The summed E-state index contributed by atoms with van der Waals surface area (Å²) < 4.78 is 36.9. The standard InChI is InChI=1S/C12H19NO6S2/c1-8-7-20-10(12(15)19-3)11(8)21(16,17)13-9(4-5-14)6-18-2/h7,9,13-14H,4-6H2,1-3H3. The van der Waals surface area contributed by atoms with Crippen LogP contribution in [0.25, 0.3) is 0 Å². The Bertz CT molecular complexity index is 575. The maximum Gasteiger partial charge on any atom is 0.349 e. The third-order valence-electron chi connectivity index (χ3n) is 2.72. The molecule has 7 nitrogen and oxygen atoms in total. The van der Waals surface area contributed by atoms with Crippen LogP contribution in [-0.2, 0) is 19.5 Å². The summed E-state index contributed by atoms with van der Waals surface area (Å²) in [6, 6.07) is -0.574. The average molecular weight is 337 g/mol. The predicted molar refractivity (Wildman–Crippen MR) is 78.1 cm³/mol. The van der Waals surface area contributed by atoms with Crippen LogP contribution in [-0.4, -0.2) is 53.0 Å². The van der Waals surface area contributed by atoms with E-state index in [9.17, 15) is 13.2 Å². The van der Waals surface area contributed by atoms with Crippen molar-refractivity contribution in [3.05, 3.63) is 15.8 Å². The van der Waals surface area contributed by atoms with E-state index in [2.05, 4.69) is 9.46 Å². The molecule has 0 aliphatic heterocycles. The fourth-order valence-electron chi connectivity index (χ4n) is 1.81. The third-order valence-corrected chi connectivity index (χ3v) is 5.64. The predicted octanol–water partition coefficient (Wildman–Crippen LogP) is 0.519. The van der Waals surface area contributed by atoms with Crippen molar-refractivity contribution in [1.29, 1.82) is 0 Å². The van der Waals surface area contributed by atoms with Gasteiger partial charge in [-0.3, -0.25) is 0 Å². The molecular formula is C12H19NO6S2. The van der Waals surface area contributed by atoms with Crippen molar-refractivity contribution in [2.45, 2.75) is 24.3 Å². The monoisotopic (exact) mass is 337 g/mol. The Morgan fingerprint density at radius 3 is 2.67 bits per heavy atom. The largest absolute Gasteiger partial charge is 0.465 e. The highest BCUT2D eigenvalue weighted by Crippen LogP contribution is 2.27. The van der Waals surface area contributed by atoms with E-state index in [0.717, 1.165) is 11.3 Å². The molecule has 1 rings (SSSR count). The van der Waals surface area contributed by atoms with E-state index in [0.29, 0.717) is 5.56 Å². The molecular weight excluding hydrogens is 318 g/mol. The van der Waals surface area contributed by atoms with Crippen molar-refractivity contribution in [3.63, 3.8) is 0 Å². The van der Waals surface area contributed by atoms with Crippen LogP contribution in [0.15, 0.2) is 10.3 Å². The molecule has 1 aromatic rings. The van der Waals surface area contributed by atoms with Crippen LogP contribution in [0.1, 0.15) is 21.7 Å². The first-order chi connectivity index (χ1) is 9.87. The third kappa shape index (κ3) is 4.48. The molecule has 0 aliphatic rings. The lowest BCUT2D eigenvalue weighted by Crippen LogP contribution is -2.39. The second-order valence-electron chi connectivity index (χ2n) is 4.35. The van der Waals surface area contributed by atoms with Crippen LogP contribution in [0, 0.1) is 6.92 Å². The summed E-state index contributed by atoms with van der Waals surface area (Å²) in [6.07, 6.45) is 0.212. The summed E-state index contributed by atoms with van der Waals surface area (Å²) in [7, 11) is -1.27. The van der Waals surface area contributed by atoms with Crippen LogP contribution >= 0.6 is 11.3 Å². The molecule has 2 N–H and O–H groups in total. The number of nitrogens with one attached hydrogen (secondary N) is 1. The van der Waals surface area contributed by atoms with Crippen LogP contribution in [0.2, 0.25) is 0 Å². The molecule has 0 aromatic carbocycles. The van der Waals surface area contributed by atoms with E-state index in [1.807, 2.05) is 0 Å². The van der Waals surface area contributed by atoms with Gasteiger partial charge in [-0.1, -0.05) is 0 Å². The summed E-state index contributed by atoms with van der Waals surface area (Å²) >= 11 is 1.02. The number of hydrogen-bond acceptors (Lipinski definition) is 7. The number of esters is 1. The van der Waals surface area contributed by atoms with Gasteiger partial charge in [0, 0.05) is 19.8 Å². The summed E-state index contributed by atoms with van der Waals surface area (Å²) in [5, 5.41) is 10.5. The van der Waals surface area contributed by atoms with Gasteiger partial charge in [0.25, 0.3) is 0 Å². The van der Waals surface area contributed by atoms with E-state index >= 15 is 0 Å². The summed E-state index contributed by atoms with van der Waals surface area (Å²) in [4.78, 5) is 11.6. The molecule has 1 aromatic heterocycles. The number of methoxy groups -OCH3 is 2. The van der Waals surface area contributed by atoms with E-state index in [1.54, 1.807) is 12.3 Å². The van der Waals surface area contributed by atoms with E-state index in [1.165, 1.54) is 14.2 Å². The minimum absolute atomic E-state index is 0.0302. The lowest BCUT2D eigenvalue weighted by Gasteiger charge is -2.17. The number of carbonyl (C=O) groups excluding carboxylic acids is 1. The second-order valence-corrected chi connectivity index (χ2v) is 6.88. The van der Waals surface area contributed by atoms with Gasteiger partial charge in [-0.15, -0.1) is 11.3 Å². The Balaban J connectivity index is 3.12. The molecule has 1 atom stereocenters. The normalized spacial score (nSPS) is 13.1. The SMILES string of the molecule is COCC(CCO)NS(=O)(=O)c1c(C)csc1C(=O)OC. The molecule has 0 saturated carbocycles. The number of carbonyl (C=O) groups is 1. The highest BCUT2D eigenvalue weighted by atomic mass is 32.2. The Labute approximate surface area is 127 Å². The van der Waals surface area contributed by atoms with E-state index in [4.69, 9.17) is 9.84 Å². The molecule has 1 unspecified atom stereocenters. The number of hydrogen-bond donors (Lipinski definition) is 2. The van der Waals surface area contributed by atoms with E-state index in [-0.39, 0.29) is 29.4 Å². The number of aryl methyl sites for hydroxylation is 1. The molecule has 0 saturated heterocycles. The van der Waals surface area contributed by atoms with Gasteiger partial charge in [-0.25, -0.2) is 17.9 Å². The topological polar surface area (TPSA) is 102 Å². The van der Waals surface area contributed by atoms with Crippen LogP contribution in [0.4, 0.5) is 0 Å². The molecule has 0 fully saturated rings. The van der Waals surface area contributed by atoms with Crippen LogP contribution in [0.3, 0.4) is 0 Å². The Kier molecular flexibility index (Phi) is 6.75. The first kappa shape index (κ1) is 18.1. The Morgan fingerprint density at radius 1 is 1.48 bits per heavy atom. The Morgan fingerprint density at radius 2 is 2.14 bits per heavy atom. The maximum atomic E-state index is 12.5. The van der Waals surface area contributed by atoms with Crippen molar-refractivity contribution in [2.75, 3.05) is 27.4 Å². The summed E-state index contributed by atoms with van der Waals surface area (Å²) in [5.74, 6) is -0.695. The Hall–Kier alpha value is -1.00. The lowest BCUT2D eigenvalue weighted by molar-refractivity contribution is 0.0602. The molecule has 0 amide bonds. The quantitative estimate of drug-likeness (QED) is 0.671. The number of rotatable bonds is 8. The smallest absolute Gasteiger partial charge is 0.349 e. The van der Waals surface area contributed by atoms with Crippen molar-refractivity contribution in [1.82, 2.24) is 4.72 Å². The summed E-state index contributed by atoms with van der Waals surface area (Å²) in [5.41, 5.74) is 0.466. The second kappa shape index (κ2) is 7.85. The zero-order valence-corrected chi connectivity index (χ0v) is 13.7. The van der Waals surface area contributed by atoms with Crippen molar-refractivity contribution < 1.29 is 27.8 Å². The highest BCUT2D eigenvalue weighted by Gasteiger charge is 2.29. The van der Waals surface area contributed by atoms with E-state index < -0.39 is 22.0 Å². The first-order valence-electron chi connectivity index (χ1n) is 6.15. The number of sulfonamides is 1. The molecule has 120 valence electrons. The zero-order valence-electron chi connectivity index (χ0n) is 12.1. The van der Waals surface area contributed by atoms with Gasteiger partial charge in [0.05, 0.1) is 13.7 Å².